The Balaban J connectivity index is 4.92. The Hall–Kier alpha value is -0.970. The van der Waals surface area contributed by atoms with Gasteiger partial charge < -0.3 is 10.0 Å². The zero-order valence-electron chi connectivity index (χ0n) is 11.1. The highest BCUT2D eigenvalue weighted by Gasteiger charge is 2.21. The van der Waals surface area contributed by atoms with E-state index in [2.05, 4.69) is 0 Å². The third kappa shape index (κ3) is 4.42. The van der Waals surface area contributed by atoms with Gasteiger partial charge in [-0.25, -0.2) is 4.79 Å². The number of amides is 1. The van der Waals surface area contributed by atoms with E-state index in [1.165, 1.54) is 6.92 Å². The summed E-state index contributed by atoms with van der Waals surface area (Å²) in [5.74, 6) is -0.383. The summed E-state index contributed by atoms with van der Waals surface area (Å²) in [6.45, 7) is 5.04. The number of thioether (sulfide) groups is 1. The lowest BCUT2D eigenvalue weighted by Crippen LogP contribution is -2.39. The van der Waals surface area contributed by atoms with Crippen molar-refractivity contribution in [3.05, 3.63) is 11.1 Å². The van der Waals surface area contributed by atoms with Gasteiger partial charge in [0.25, 0.3) is 0 Å². The predicted molar refractivity (Wildman–Crippen MR) is 71.2 cm³/mol. The second-order valence-corrected chi connectivity index (χ2v) is 4.90. The van der Waals surface area contributed by atoms with Crippen molar-refractivity contribution < 1.29 is 14.7 Å². The fourth-order valence-corrected chi connectivity index (χ4v) is 2.29. The number of nitrogens with zero attached hydrogens (tertiary/aromatic N) is 1. The second-order valence-electron chi connectivity index (χ2n) is 3.99. The van der Waals surface area contributed by atoms with Crippen LogP contribution in [0.15, 0.2) is 11.1 Å². The van der Waals surface area contributed by atoms with Gasteiger partial charge in [0.1, 0.15) is 0 Å². The molecule has 0 aliphatic rings. The van der Waals surface area contributed by atoms with Gasteiger partial charge in [-0.3, -0.25) is 4.79 Å². The molecule has 0 spiro atoms. The Morgan fingerprint density at radius 2 is 1.82 bits per heavy atom. The van der Waals surface area contributed by atoms with Gasteiger partial charge in [-0.1, -0.05) is 6.92 Å². The van der Waals surface area contributed by atoms with Crippen LogP contribution < -0.4 is 0 Å². The van der Waals surface area contributed by atoms with Crippen molar-refractivity contribution in [2.45, 2.75) is 33.2 Å². The number of carboxylic acids is 1. The van der Waals surface area contributed by atoms with E-state index >= 15 is 0 Å². The Bertz CT molecular complexity index is 326. The number of hydrogen-bond donors (Lipinski definition) is 1. The molecule has 1 amide bonds. The number of hydrogen-bond acceptors (Lipinski definition) is 3. The van der Waals surface area contributed by atoms with Crippen molar-refractivity contribution in [3.63, 3.8) is 0 Å². The standard InChI is InChI=1S/C12H21NO3S/c1-6-10(7-17-5)13(4)11(14)8(2)9(3)12(15)16/h10H,6-7H2,1-5H3,(H,15,16). The highest BCUT2D eigenvalue weighted by molar-refractivity contribution is 7.98. The lowest BCUT2D eigenvalue weighted by atomic mass is 10.1. The fraction of sp³-hybridized carbons (Fsp3) is 0.667. The molecule has 1 N–H and O–H groups in total. The molecule has 0 radical (unpaired) electrons. The minimum Gasteiger partial charge on any atom is -0.478 e. The number of likely N-dealkylation sites (N-methyl/N-ethyl adjacent to an activating group) is 1. The maximum absolute atomic E-state index is 12.1. The van der Waals surface area contributed by atoms with Crippen molar-refractivity contribution in [1.29, 1.82) is 0 Å². The summed E-state index contributed by atoms with van der Waals surface area (Å²) in [6.07, 6.45) is 2.86. The Labute approximate surface area is 107 Å². The molecule has 1 unspecified atom stereocenters. The Kier molecular flexibility index (Phi) is 6.95. The molecule has 98 valence electrons. The van der Waals surface area contributed by atoms with Crippen molar-refractivity contribution >= 4 is 23.6 Å². The Morgan fingerprint density at radius 1 is 1.29 bits per heavy atom. The van der Waals surface area contributed by atoms with Crippen molar-refractivity contribution in [1.82, 2.24) is 4.90 Å². The summed E-state index contributed by atoms with van der Waals surface area (Å²) in [5.41, 5.74) is 0.417. The van der Waals surface area contributed by atoms with Gasteiger partial charge in [-0.05, 0) is 26.5 Å². The first kappa shape index (κ1) is 16.0. The van der Waals surface area contributed by atoms with Crippen LogP contribution in [0.1, 0.15) is 27.2 Å². The molecule has 0 aromatic carbocycles. The van der Waals surface area contributed by atoms with E-state index in [9.17, 15) is 9.59 Å². The lowest BCUT2D eigenvalue weighted by Gasteiger charge is -2.27. The van der Waals surface area contributed by atoms with Gasteiger partial charge in [0.2, 0.25) is 5.91 Å². The summed E-state index contributed by atoms with van der Waals surface area (Å²) in [7, 11) is 1.73. The van der Waals surface area contributed by atoms with Crippen LogP contribution in [0.3, 0.4) is 0 Å². The molecule has 0 saturated carbocycles. The van der Waals surface area contributed by atoms with Gasteiger partial charge in [0, 0.05) is 30.0 Å². The van der Waals surface area contributed by atoms with Gasteiger partial charge >= 0.3 is 5.97 Å². The van der Waals surface area contributed by atoms with Crippen LogP contribution in [0.2, 0.25) is 0 Å². The van der Waals surface area contributed by atoms with Crippen molar-refractivity contribution in [2.75, 3.05) is 19.1 Å². The second kappa shape index (κ2) is 7.37. The van der Waals surface area contributed by atoms with Gasteiger partial charge in [-0.15, -0.1) is 0 Å². The zero-order chi connectivity index (χ0) is 13.6. The number of rotatable bonds is 6. The first-order chi connectivity index (χ1) is 7.86. The van der Waals surface area contributed by atoms with E-state index in [-0.39, 0.29) is 17.5 Å². The van der Waals surface area contributed by atoms with E-state index in [1.54, 1.807) is 30.6 Å². The first-order valence-corrected chi connectivity index (χ1v) is 6.93. The average molecular weight is 259 g/mol. The van der Waals surface area contributed by atoms with Crippen molar-refractivity contribution in [3.8, 4) is 0 Å². The minimum absolute atomic E-state index is 0.112. The summed E-state index contributed by atoms with van der Waals surface area (Å²) in [6, 6.07) is 0.147. The van der Waals surface area contributed by atoms with Gasteiger partial charge in [0.05, 0.1) is 0 Å². The van der Waals surface area contributed by atoms with E-state index in [4.69, 9.17) is 5.11 Å². The molecule has 17 heavy (non-hydrogen) atoms. The first-order valence-electron chi connectivity index (χ1n) is 5.53. The molecule has 0 heterocycles. The molecule has 0 aliphatic heterocycles. The molecule has 0 rings (SSSR count). The molecule has 0 aliphatic carbocycles. The van der Waals surface area contributed by atoms with E-state index in [0.717, 1.165) is 12.2 Å². The van der Waals surface area contributed by atoms with Crippen LogP contribution in [0.25, 0.3) is 0 Å². The maximum atomic E-state index is 12.1. The summed E-state index contributed by atoms with van der Waals surface area (Å²) in [4.78, 5) is 24.5. The van der Waals surface area contributed by atoms with E-state index < -0.39 is 5.97 Å². The van der Waals surface area contributed by atoms with Crippen LogP contribution in [-0.2, 0) is 9.59 Å². The molecule has 4 nitrogen and oxygen atoms in total. The molecule has 0 saturated heterocycles. The normalized spacial score (nSPS) is 13.9. The summed E-state index contributed by atoms with van der Waals surface area (Å²) < 4.78 is 0. The van der Waals surface area contributed by atoms with Crippen LogP contribution >= 0.6 is 11.8 Å². The number of aliphatic carboxylic acids is 1. The zero-order valence-corrected chi connectivity index (χ0v) is 11.9. The number of carboxylic acid groups (broad SMARTS) is 1. The molecular formula is C12H21NO3S. The lowest BCUT2D eigenvalue weighted by molar-refractivity contribution is -0.134. The highest BCUT2D eigenvalue weighted by atomic mass is 32.2. The number of carbonyl (C=O) groups is 2. The summed E-state index contributed by atoms with van der Waals surface area (Å²) in [5, 5.41) is 8.85. The molecule has 1 atom stereocenters. The van der Waals surface area contributed by atoms with Crippen LogP contribution in [0.5, 0.6) is 0 Å². The SMILES string of the molecule is CCC(CSC)N(C)C(=O)C(C)=C(C)C(=O)O. The molecule has 5 heteroatoms. The topological polar surface area (TPSA) is 57.6 Å². The van der Waals surface area contributed by atoms with Gasteiger partial charge in [-0.2, -0.15) is 11.8 Å². The Morgan fingerprint density at radius 3 is 2.18 bits per heavy atom. The van der Waals surface area contributed by atoms with E-state index in [0.29, 0.717) is 5.57 Å². The maximum Gasteiger partial charge on any atom is 0.331 e. The number of carbonyl (C=O) groups excluding carboxylic acids is 1. The van der Waals surface area contributed by atoms with Gasteiger partial charge in [0.15, 0.2) is 0 Å². The third-order valence-electron chi connectivity index (χ3n) is 2.90. The smallest absolute Gasteiger partial charge is 0.331 e. The van der Waals surface area contributed by atoms with Crippen LogP contribution in [0, 0.1) is 0 Å². The molecule has 0 bridgehead atoms. The quantitative estimate of drug-likeness (QED) is 0.741. The minimum atomic E-state index is -1.04. The monoisotopic (exact) mass is 259 g/mol. The summed E-state index contributed by atoms with van der Waals surface area (Å²) >= 11 is 1.68. The molecular weight excluding hydrogens is 238 g/mol. The predicted octanol–water partition coefficient (Wildman–Crippen LogP) is 2.01. The molecule has 0 aromatic heterocycles. The molecule has 0 aromatic rings. The van der Waals surface area contributed by atoms with Crippen LogP contribution in [-0.4, -0.2) is 47.0 Å². The van der Waals surface area contributed by atoms with Crippen molar-refractivity contribution in [2.24, 2.45) is 0 Å². The fourth-order valence-electron chi connectivity index (χ4n) is 1.45. The largest absolute Gasteiger partial charge is 0.478 e. The highest BCUT2D eigenvalue weighted by Crippen LogP contribution is 2.13. The third-order valence-corrected chi connectivity index (χ3v) is 3.62. The van der Waals surface area contributed by atoms with E-state index in [1.807, 2.05) is 13.2 Å². The van der Waals surface area contributed by atoms with Crippen LogP contribution in [0.4, 0.5) is 0 Å². The average Bonchev–Trinajstić information content (AvgIpc) is 2.32. The molecule has 0 fully saturated rings.